The second kappa shape index (κ2) is 7.16. The van der Waals surface area contributed by atoms with Crippen molar-refractivity contribution in [2.45, 2.75) is 34.2 Å². The first-order chi connectivity index (χ1) is 13.8. The topological polar surface area (TPSA) is 84.2 Å². The van der Waals surface area contributed by atoms with Crippen molar-refractivity contribution in [1.29, 1.82) is 0 Å². The van der Waals surface area contributed by atoms with E-state index in [1.165, 1.54) is 0 Å². The number of anilines is 2. The lowest BCUT2D eigenvalue weighted by Gasteiger charge is -2.18. The van der Waals surface area contributed by atoms with E-state index in [2.05, 4.69) is 20.8 Å². The van der Waals surface area contributed by atoms with Crippen molar-refractivity contribution < 1.29 is 4.79 Å². The van der Waals surface area contributed by atoms with E-state index in [0.717, 1.165) is 28.1 Å². The fourth-order valence-corrected chi connectivity index (χ4v) is 3.15. The monoisotopic (exact) mass is 388 g/mol. The maximum atomic E-state index is 12.1. The summed E-state index contributed by atoms with van der Waals surface area (Å²) in [5, 5.41) is 14.9. The number of hydrogen-bond donors (Lipinski definition) is 2. The molecule has 148 valence electrons. The van der Waals surface area contributed by atoms with Crippen LogP contribution >= 0.6 is 0 Å². The number of carbonyl (C=O) groups is 1. The lowest BCUT2D eigenvalue weighted by atomic mass is 9.95. The molecule has 0 aliphatic carbocycles. The number of fused-ring (bicyclic) bond motifs is 3. The molecule has 0 bridgehead atoms. The van der Waals surface area contributed by atoms with Gasteiger partial charge in [-0.15, -0.1) is 10.2 Å². The maximum Gasteiger partial charge on any atom is 0.225 e. The average Bonchev–Trinajstić information content (AvgIpc) is 3.08. The van der Waals surface area contributed by atoms with Gasteiger partial charge in [0.2, 0.25) is 11.6 Å². The van der Waals surface area contributed by atoms with Crippen molar-refractivity contribution in [2.75, 3.05) is 5.32 Å². The van der Waals surface area contributed by atoms with Crippen molar-refractivity contribution in [1.82, 2.24) is 24.9 Å². The van der Waals surface area contributed by atoms with E-state index in [0.29, 0.717) is 18.0 Å². The highest BCUT2D eigenvalue weighted by molar-refractivity contribution is 5.84. The molecule has 2 aromatic heterocycles. The number of hydrogen-bond acceptors (Lipinski definition) is 5. The van der Waals surface area contributed by atoms with E-state index >= 15 is 0 Å². The minimum Gasteiger partial charge on any atom is -0.352 e. The third kappa shape index (κ3) is 3.76. The number of aromatic nitrogens is 4. The molecule has 0 aliphatic heterocycles. The summed E-state index contributed by atoms with van der Waals surface area (Å²) < 4.78 is 2.00. The van der Waals surface area contributed by atoms with Crippen LogP contribution in [-0.2, 0) is 11.3 Å². The number of rotatable bonds is 4. The molecule has 0 atom stereocenters. The maximum absolute atomic E-state index is 12.1. The number of para-hydroxylation sites is 2. The molecule has 1 amide bonds. The number of carbonyl (C=O) groups excluding carboxylic acids is 1. The first-order valence-electron chi connectivity index (χ1n) is 9.58. The average molecular weight is 388 g/mol. The molecular formula is C22H24N6O. The Bertz CT molecular complexity index is 1210. The van der Waals surface area contributed by atoms with Gasteiger partial charge in [0.15, 0.2) is 5.82 Å². The van der Waals surface area contributed by atoms with Crippen molar-refractivity contribution in [3.8, 4) is 0 Å². The zero-order valence-corrected chi connectivity index (χ0v) is 17.0. The zero-order chi connectivity index (χ0) is 20.6. The summed E-state index contributed by atoms with van der Waals surface area (Å²) in [6.07, 6.45) is 0. The third-order valence-corrected chi connectivity index (χ3v) is 4.72. The summed E-state index contributed by atoms with van der Waals surface area (Å²) in [5.74, 6) is 1.47. The van der Waals surface area contributed by atoms with Gasteiger partial charge in [-0.05, 0) is 36.8 Å². The summed E-state index contributed by atoms with van der Waals surface area (Å²) in [5.41, 5.74) is 3.96. The smallest absolute Gasteiger partial charge is 0.225 e. The minimum absolute atomic E-state index is 0.0210. The predicted octanol–water partition coefficient (Wildman–Crippen LogP) is 3.99. The molecule has 0 unspecified atom stereocenters. The fourth-order valence-electron chi connectivity index (χ4n) is 3.15. The Morgan fingerprint density at radius 1 is 1.07 bits per heavy atom. The van der Waals surface area contributed by atoms with Crippen molar-refractivity contribution in [2.24, 2.45) is 5.41 Å². The summed E-state index contributed by atoms with van der Waals surface area (Å²) in [7, 11) is 0. The van der Waals surface area contributed by atoms with Crippen molar-refractivity contribution >= 4 is 34.1 Å². The van der Waals surface area contributed by atoms with Gasteiger partial charge in [-0.3, -0.25) is 9.20 Å². The second-order valence-electron chi connectivity index (χ2n) is 8.11. The largest absolute Gasteiger partial charge is 0.352 e. The van der Waals surface area contributed by atoms with Crippen LogP contribution in [0, 0.1) is 12.3 Å². The fraction of sp³-hybridized carbons (Fsp3) is 0.273. The summed E-state index contributed by atoms with van der Waals surface area (Å²) in [6.45, 7) is 8.09. The molecule has 0 saturated carbocycles. The number of aryl methyl sites for hydroxylation is 1. The van der Waals surface area contributed by atoms with Crippen molar-refractivity contribution in [3.05, 3.63) is 59.9 Å². The van der Waals surface area contributed by atoms with E-state index in [4.69, 9.17) is 4.98 Å². The van der Waals surface area contributed by atoms with E-state index in [9.17, 15) is 4.79 Å². The zero-order valence-electron chi connectivity index (χ0n) is 17.0. The van der Waals surface area contributed by atoms with Gasteiger partial charge < -0.3 is 10.6 Å². The minimum atomic E-state index is -0.415. The molecule has 7 nitrogen and oxygen atoms in total. The highest BCUT2D eigenvalue weighted by Gasteiger charge is 2.20. The molecule has 2 heterocycles. The van der Waals surface area contributed by atoms with Gasteiger partial charge in [-0.1, -0.05) is 45.0 Å². The van der Waals surface area contributed by atoms with Crippen LogP contribution in [0.25, 0.3) is 16.7 Å². The van der Waals surface area contributed by atoms with Crippen LogP contribution in [0.5, 0.6) is 0 Å². The van der Waals surface area contributed by atoms with Crippen LogP contribution in [-0.4, -0.2) is 25.5 Å². The molecule has 0 fully saturated rings. The predicted molar refractivity (Wildman–Crippen MR) is 114 cm³/mol. The number of nitrogens with one attached hydrogen (secondary N) is 2. The Kier molecular flexibility index (Phi) is 4.66. The standard InChI is InChI=1S/C22H24N6O/c1-14-26-27-20-19(25-17-10-5-6-11-18(17)28(14)20)24-16-9-7-8-15(12-16)13-23-21(29)22(2,3)4/h5-12H,13H2,1-4H3,(H,23,29)(H,24,25). The number of nitrogens with zero attached hydrogens (tertiary/aromatic N) is 4. The van der Waals surface area contributed by atoms with E-state index in [1.807, 2.05) is 80.6 Å². The SMILES string of the molecule is Cc1nnc2c(Nc3cccc(CNC(=O)C(C)(C)C)c3)nc3ccccc3n12. The third-order valence-electron chi connectivity index (χ3n) is 4.72. The Hall–Kier alpha value is -3.48. The second-order valence-corrected chi connectivity index (χ2v) is 8.11. The highest BCUT2D eigenvalue weighted by atomic mass is 16.2. The van der Waals surface area contributed by atoms with Gasteiger partial charge in [0, 0.05) is 17.6 Å². The molecule has 4 rings (SSSR count). The normalized spacial score (nSPS) is 11.7. The van der Waals surface area contributed by atoms with E-state index < -0.39 is 5.41 Å². The van der Waals surface area contributed by atoms with Crippen LogP contribution in [0.1, 0.15) is 32.2 Å². The Morgan fingerprint density at radius 3 is 2.66 bits per heavy atom. The summed E-state index contributed by atoms with van der Waals surface area (Å²) >= 11 is 0. The molecule has 0 aliphatic rings. The van der Waals surface area contributed by atoms with Gasteiger partial charge in [-0.2, -0.15) is 0 Å². The van der Waals surface area contributed by atoms with Crippen LogP contribution < -0.4 is 10.6 Å². The van der Waals surface area contributed by atoms with Crippen LogP contribution in [0.4, 0.5) is 11.5 Å². The van der Waals surface area contributed by atoms with Crippen LogP contribution in [0.3, 0.4) is 0 Å². The molecule has 29 heavy (non-hydrogen) atoms. The van der Waals surface area contributed by atoms with Crippen LogP contribution in [0.15, 0.2) is 48.5 Å². The molecule has 0 spiro atoms. The molecular weight excluding hydrogens is 364 g/mol. The Morgan fingerprint density at radius 2 is 1.86 bits per heavy atom. The van der Waals surface area contributed by atoms with Gasteiger partial charge in [0.1, 0.15) is 5.82 Å². The Balaban J connectivity index is 1.64. The van der Waals surface area contributed by atoms with E-state index in [1.54, 1.807) is 0 Å². The summed E-state index contributed by atoms with van der Waals surface area (Å²) in [4.78, 5) is 16.9. The number of amides is 1. The summed E-state index contributed by atoms with van der Waals surface area (Å²) in [6, 6.07) is 15.8. The first-order valence-corrected chi connectivity index (χ1v) is 9.58. The molecule has 2 N–H and O–H groups in total. The van der Waals surface area contributed by atoms with Gasteiger partial charge in [-0.25, -0.2) is 4.98 Å². The molecule has 0 saturated heterocycles. The molecule has 4 aromatic rings. The first kappa shape index (κ1) is 18.9. The van der Waals surface area contributed by atoms with E-state index in [-0.39, 0.29) is 5.91 Å². The van der Waals surface area contributed by atoms with Gasteiger partial charge in [0.25, 0.3) is 0 Å². The lowest BCUT2D eigenvalue weighted by Crippen LogP contribution is -2.34. The highest BCUT2D eigenvalue weighted by Crippen LogP contribution is 2.25. The molecule has 0 radical (unpaired) electrons. The molecule has 2 aromatic carbocycles. The van der Waals surface area contributed by atoms with Gasteiger partial charge >= 0.3 is 0 Å². The lowest BCUT2D eigenvalue weighted by molar-refractivity contribution is -0.128. The quantitative estimate of drug-likeness (QED) is 0.552. The van der Waals surface area contributed by atoms with Crippen LogP contribution in [0.2, 0.25) is 0 Å². The molecule has 7 heteroatoms. The Labute approximate surface area is 169 Å². The van der Waals surface area contributed by atoms with Crippen molar-refractivity contribution in [3.63, 3.8) is 0 Å². The van der Waals surface area contributed by atoms with Gasteiger partial charge in [0.05, 0.1) is 11.0 Å². The number of benzene rings is 2.